The summed E-state index contributed by atoms with van der Waals surface area (Å²) in [7, 11) is 1.64. The lowest BCUT2D eigenvalue weighted by atomic mass is 10.1. The van der Waals surface area contributed by atoms with Gasteiger partial charge < -0.3 is 15.4 Å². The highest BCUT2D eigenvalue weighted by atomic mass is 32.2. The van der Waals surface area contributed by atoms with Gasteiger partial charge in [-0.2, -0.15) is 0 Å². The molecule has 0 aliphatic rings. The van der Waals surface area contributed by atoms with Gasteiger partial charge in [-0.15, -0.1) is 11.3 Å². The van der Waals surface area contributed by atoms with Crippen LogP contribution in [0.15, 0.2) is 63.1 Å². The fourth-order valence-corrected chi connectivity index (χ4v) is 4.18. The number of nitrogens with zero attached hydrogens (tertiary/aromatic N) is 1. The van der Waals surface area contributed by atoms with Gasteiger partial charge >= 0.3 is 6.03 Å². The van der Waals surface area contributed by atoms with E-state index in [1.54, 1.807) is 30.2 Å². The number of amides is 2. The molecule has 0 spiro atoms. The number of hydrogen-bond donors (Lipinski definition) is 2. The van der Waals surface area contributed by atoms with Crippen LogP contribution in [0.3, 0.4) is 0 Å². The summed E-state index contributed by atoms with van der Waals surface area (Å²) in [5.41, 5.74) is 2.94. The molecule has 5 nitrogen and oxygen atoms in total. The van der Waals surface area contributed by atoms with Gasteiger partial charge in [0.1, 0.15) is 5.75 Å². The summed E-state index contributed by atoms with van der Waals surface area (Å²) >= 11 is 3.25. The molecule has 140 valence electrons. The maximum Gasteiger partial charge on any atom is 0.319 e. The molecule has 1 aromatic heterocycles. The molecule has 2 aromatic carbocycles. The highest BCUT2D eigenvalue weighted by molar-refractivity contribution is 8.01. The molecular formula is C20H21N3O2S2. The second-order valence-corrected chi connectivity index (χ2v) is 8.04. The summed E-state index contributed by atoms with van der Waals surface area (Å²) < 4.78 is 6.15. The molecule has 0 aliphatic heterocycles. The van der Waals surface area contributed by atoms with Gasteiger partial charge in [-0.05, 0) is 55.3 Å². The number of methoxy groups -OCH3 is 1. The standard InChI is InChI=1S/C20H21N3O2S2/c1-14-13-26-20(22-14)27-18-9-5-16(6-10-18)23-19(24)21-12-11-15-3-7-17(25-2)8-4-15/h3-10,13H,11-12H2,1-2H3,(H2,21,23,24). The average molecular weight is 400 g/mol. The molecule has 0 bridgehead atoms. The number of ether oxygens (including phenoxy) is 1. The lowest BCUT2D eigenvalue weighted by Crippen LogP contribution is -2.30. The Morgan fingerprint density at radius 1 is 1.15 bits per heavy atom. The average Bonchev–Trinajstić information content (AvgIpc) is 3.08. The van der Waals surface area contributed by atoms with Gasteiger partial charge in [0.05, 0.1) is 7.11 Å². The van der Waals surface area contributed by atoms with Gasteiger partial charge in [-0.25, -0.2) is 9.78 Å². The number of nitrogens with one attached hydrogen (secondary N) is 2. The quantitative estimate of drug-likeness (QED) is 0.588. The third kappa shape index (κ3) is 6.01. The van der Waals surface area contributed by atoms with Crippen LogP contribution < -0.4 is 15.4 Å². The molecule has 3 aromatic rings. The second-order valence-electron chi connectivity index (χ2n) is 5.86. The van der Waals surface area contributed by atoms with E-state index in [1.807, 2.05) is 60.8 Å². The third-order valence-corrected chi connectivity index (χ3v) is 5.84. The Balaban J connectivity index is 1.43. The largest absolute Gasteiger partial charge is 0.497 e. The normalized spacial score (nSPS) is 10.4. The summed E-state index contributed by atoms with van der Waals surface area (Å²) in [6.07, 6.45) is 0.764. The first-order chi connectivity index (χ1) is 13.1. The number of urea groups is 1. The first kappa shape index (κ1) is 19.3. The highest BCUT2D eigenvalue weighted by Gasteiger charge is 2.04. The van der Waals surface area contributed by atoms with Gasteiger partial charge in [-0.3, -0.25) is 0 Å². The lowest BCUT2D eigenvalue weighted by Gasteiger charge is -2.08. The van der Waals surface area contributed by atoms with Crippen LogP contribution in [0.2, 0.25) is 0 Å². The maximum absolute atomic E-state index is 12.0. The van der Waals surface area contributed by atoms with E-state index in [-0.39, 0.29) is 6.03 Å². The summed E-state index contributed by atoms with van der Waals surface area (Å²) in [6.45, 7) is 2.55. The Hall–Kier alpha value is -2.51. The van der Waals surface area contributed by atoms with Crippen molar-refractivity contribution in [2.24, 2.45) is 0 Å². The number of benzene rings is 2. The molecule has 3 rings (SSSR count). The van der Waals surface area contributed by atoms with Crippen LogP contribution in [0, 0.1) is 6.92 Å². The van der Waals surface area contributed by atoms with Crippen LogP contribution in [0.5, 0.6) is 5.75 Å². The second kappa shape index (κ2) is 9.43. The van der Waals surface area contributed by atoms with Crippen molar-refractivity contribution in [1.29, 1.82) is 0 Å². The smallest absolute Gasteiger partial charge is 0.319 e. The molecule has 0 saturated heterocycles. The molecule has 0 radical (unpaired) electrons. The summed E-state index contributed by atoms with van der Waals surface area (Å²) in [5.74, 6) is 0.830. The number of carbonyl (C=O) groups excluding carboxylic acids is 1. The lowest BCUT2D eigenvalue weighted by molar-refractivity contribution is 0.252. The third-order valence-electron chi connectivity index (χ3n) is 3.77. The van der Waals surface area contributed by atoms with E-state index in [0.717, 1.165) is 38.4 Å². The number of rotatable bonds is 7. The summed E-state index contributed by atoms with van der Waals surface area (Å²) in [5, 5.41) is 7.76. The summed E-state index contributed by atoms with van der Waals surface area (Å²) in [4.78, 5) is 17.6. The zero-order valence-corrected chi connectivity index (χ0v) is 16.8. The SMILES string of the molecule is COc1ccc(CCNC(=O)Nc2ccc(Sc3nc(C)cs3)cc2)cc1. The Bertz CT molecular complexity index is 877. The van der Waals surface area contributed by atoms with Crippen molar-refractivity contribution in [2.45, 2.75) is 22.6 Å². The minimum atomic E-state index is -0.209. The van der Waals surface area contributed by atoms with Crippen molar-refractivity contribution in [1.82, 2.24) is 10.3 Å². The number of carbonyl (C=O) groups is 1. The Morgan fingerprint density at radius 2 is 1.89 bits per heavy atom. The molecule has 7 heteroatoms. The van der Waals surface area contributed by atoms with Gasteiger partial charge in [0.15, 0.2) is 4.34 Å². The van der Waals surface area contributed by atoms with E-state index in [4.69, 9.17) is 4.74 Å². The molecular weight excluding hydrogens is 378 g/mol. The minimum absolute atomic E-state index is 0.209. The molecule has 1 heterocycles. The number of aryl methyl sites for hydroxylation is 1. The molecule has 0 unspecified atom stereocenters. The molecule has 0 saturated carbocycles. The molecule has 27 heavy (non-hydrogen) atoms. The number of thiazole rings is 1. The van der Waals surface area contributed by atoms with Gasteiger partial charge in [0, 0.05) is 28.2 Å². The Labute approximate surface area is 167 Å². The van der Waals surface area contributed by atoms with Crippen LogP contribution in [0.25, 0.3) is 0 Å². The first-order valence-electron chi connectivity index (χ1n) is 8.50. The fourth-order valence-electron chi connectivity index (χ4n) is 2.37. The van der Waals surface area contributed by atoms with E-state index in [9.17, 15) is 4.79 Å². The van der Waals surface area contributed by atoms with E-state index in [2.05, 4.69) is 15.6 Å². The molecule has 0 aliphatic carbocycles. The van der Waals surface area contributed by atoms with Crippen LogP contribution in [-0.2, 0) is 6.42 Å². The Kier molecular flexibility index (Phi) is 6.73. The predicted octanol–water partition coefficient (Wildman–Crippen LogP) is 4.98. The number of aromatic nitrogens is 1. The van der Waals surface area contributed by atoms with Crippen LogP contribution in [-0.4, -0.2) is 24.7 Å². The van der Waals surface area contributed by atoms with Crippen molar-refractivity contribution in [3.63, 3.8) is 0 Å². The highest BCUT2D eigenvalue weighted by Crippen LogP contribution is 2.30. The first-order valence-corrected chi connectivity index (χ1v) is 10.2. The van der Waals surface area contributed by atoms with Crippen molar-refractivity contribution < 1.29 is 9.53 Å². The number of anilines is 1. The molecule has 2 amide bonds. The Morgan fingerprint density at radius 3 is 2.52 bits per heavy atom. The van der Waals surface area contributed by atoms with Gasteiger partial charge in [0.2, 0.25) is 0 Å². The molecule has 0 atom stereocenters. The van der Waals surface area contributed by atoms with Crippen LogP contribution >= 0.6 is 23.1 Å². The van der Waals surface area contributed by atoms with E-state index >= 15 is 0 Å². The van der Waals surface area contributed by atoms with Crippen LogP contribution in [0.4, 0.5) is 10.5 Å². The molecule has 2 N–H and O–H groups in total. The van der Waals surface area contributed by atoms with Crippen molar-refractivity contribution in [2.75, 3.05) is 19.0 Å². The fraction of sp³-hybridized carbons (Fsp3) is 0.200. The van der Waals surface area contributed by atoms with Crippen LogP contribution in [0.1, 0.15) is 11.3 Å². The number of hydrogen-bond acceptors (Lipinski definition) is 5. The van der Waals surface area contributed by atoms with Crippen molar-refractivity contribution in [3.05, 3.63) is 65.2 Å². The monoisotopic (exact) mass is 399 g/mol. The zero-order chi connectivity index (χ0) is 19.1. The van der Waals surface area contributed by atoms with E-state index < -0.39 is 0 Å². The maximum atomic E-state index is 12.0. The van der Waals surface area contributed by atoms with Gasteiger partial charge in [-0.1, -0.05) is 23.9 Å². The summed E-state index contributed by atoms with van der Waals surface area (Å²) in [6, 6.07) is 15.4. The van der Waals surface area contributed by atoms with Gasteiger partial charge in [0.25, 0.3) is 0 Å². The topological polar surface area (TPSA) is 63.2 Å². The predicted molar refractivity (Wildman–Crippen MR) is 111 cm³/mol. The zero-order valence-electron chi connectivity index (χ0n) is 15.2. The van der Waals surface area contributed by atoms with Crippen molar-refractivity contribution in [3.8, 4) is 5.75 Å². The minimum Gasteiger partial charge on any atom is -0.497 e. The van der Waals surface area contributed by atoms with Crippen molar-refractivity contribution >= 4 is 34.8 Å². The molecule has 0 fully saturated rings. The van der Waals surface area contributed by atoms with E-state index in [0.29, 0.717) is 6.54 Å². The van der Waals surface area contributed by atoms with E-state index in [1.165, 1.54) is 0 Å².